The highest BCUT2D eigenvalue weighted by atomic mass is 32.1. The molecule has 0 saturated carbocycles. The van der Waals surface area contributed by atoms with E-state index in [1.54, 1.807) is 0 Å². The van der Waals surface area contributed by atoms with E-state index in [0.717, 1.165) is 18.0 Å². The van der Waals surface area contributed by atoms with Crippen molar-refractivity contribution < 1.29 is 0 Å². The Morgan fingerprint density at radius 1 is 1.83 bits per heavy atom. The van der Waals surface area contributed by atoms with Gasteiger partial charge in [-0.2, -0.15) is 0 Å². The van der Waals surface area contributed by atoms with Crippen molar-refractivity contribution in [2.24, 2.45) is 0 Å². The lowest BCUT2D eigenvalue weighted by Crippen LogP contribution is -2.06. The van der Waals surface area contributed by atoms with Gasteiger partial charge in [0.15, 0.2) is 0 Å². The van der Waals surface area contributed by atoms with Gasteiger partial charge in [-0.25, -0.2) is 0 Å². The molecule has 1 nitrogen and oxygen atoms in total. The van der Waals surface area contributed by atoms with Crippen LogP contribution in [-0.2, 0) is 0 Å². The fourth-order valence-electron chi connectivity index (χ4n) is 0.462. The summed E-state index contributed by atoms with van der Waals surface area (Å²) in [5.74, 6) is 0. The van der Waals surface area contributed by atoms with Crippen LogP contribution in [0.5, 0.6) is 0 Å². The summed E-state index contributed by atoms with van der Waals surface area (Å²) in [6, 6.07) is 0. The maximum Gasteiger partial charge on any atom is 0.0263 e. The van der Waals surface area contributed by atoms with Crippen LogP contribution in [0.3, 0.4) is 0 Å². The van der Waals surface area contributed by atoms with Gasteiger partial charge in [-0.15, -0.1) is 12.6 Å². The predicted octanol–water partition coefficient (Wildman–Crippen LogP) is 0.403. The molecule has 2 heteroatoms. The van der Waals surface area contributed by atoms with Crippen molar-refractivity contribution in [3.63, 3.8) is 0 Å². The predicted molar refractivity (Wildman–Crippen MR) is 29.9 cm³/mol. The zero-order valence-corrected chi connectivity index (χ0v) is 4.33. The third kappa shape index (κ3) is 0.758. The van der Waals surface area contributed by atoms with Crippen molar-refractivity contribution >= 4 is 12.6 Å². The summed E-state index contributed by atoms with van der Waals surface area (Å²) in [5, 5.41) is 3.10. The van der Waals surface area contributed by atoms with Crippen LogP contribution in [0.2, 0.25) is 0 Å². The standard InChI is InChI=1S/C4H7NS/c6-4-1-2-5-3-4/h1,5-6H,2-3H2. The van der Waals surface area contributed by atoms with Crippen molar-refractivity contribution in [1.29, 1.82) is 0 Å². The lowest BCUT2D eigenvalue weighted by molar-refractivity contribution is 0.889. The van der Waals surface area contributed by atoms with Gasteiger partial charge in [-0.05, 0) is 4.91 Å². The number of hydrogen-bond donors (Lipinski definition) is 2. The van der Waals surface area contributed by atoms with E-state index in [1.165, 1.54) is 0 Å². The highest BCUT2D eigenvalue weighted by Gasteiger charge is 1.94. The minimum atomic E-state index is 0.961. The van der Waals surface area contributed by atoms with Crippen LogP contribution >= 0.6 is 12.6 Å². The third-order valence-corrected chi connectivity index (χ3v) is 1.13. The summed E-state index contributed by atoms with van der Waals surface area (Å²) in [7, 11) is 0. The first-order chi connectivity index (χ1) is 2.89. The average molecular weight is 101 g/mol. The molecule has 1 rings (SSSR count). The molecule has 0 spiro atoms. The van der Waals surface area contributed by atoms with Gasteiger partial charge in [0, 0.05) is 13.1 Å². The van der Waals surface area contributed by atoms with Crippen LogP contribution < -0.4 is 5.32 Å². The fraction of sp³-hybridized carbons (Fsp3) is 0.500. The lowest BCUT2D eigenvalue weighted by Gasteiger charge is -1.82. The third-order valence-electron chi connectivity index (χ3n) is 0.788. The second kappa shape index (κ2) is 1.67. The molecular weight excluding hydrogens is 94.1 g/mol. The molecule has 34 valence electrons. The van der Waals surface area contributed by atoms with Crippen molar-refractivity contribution in [3.8, 4) is 0 Å². The molecular formula is C4H7NS. The number of rotatable bonds is 0. The van der Waals surface area contributed by atoms with Crippen LogP contribution in [-0.4, -0.2) is 13.1 Å². The van der Waals surface area contributed by atoms with Crippen LogP contribution in [0.4, 0.5) is 0 Å². The minimum absolute atomic E-state index is 0.961. The first kappa shape index (κ1) is 4.22. The maximum atomic E-state index is 4.09. The van der Waals surface area contributed by atoms with Crippen molar-refractivity contribution in [2.75, 3.05) is 13.1 Å². The Kier molecular flexibility index (Phi) is 1.17. The largest absolute Gasteiger partial charge is 0.309 e. The second-order valence-corrected chi connectivity index (χ2v) is 1.90. The normalized spacial score (nSPS) is 21.2. The van der Waals surface area contributed by atoms with Crippen LogP contribution in [0.1, 0.15) is 0 Å². The Morgan fingerprint density at radius 3 is 2.83 bits per heavy atom. The SMILES string of the molecule is SC1=CCNC1. The van der Waals surface area contributed by atoms with E-state index < -0.39 is 0 Å². The molecule has 0 atom stereocenters. The molecule has 1 heterocycles. The van der Waals surface area contributed by atoms with Crippen molar-refractivity contribution in [1.82, 2.24) is 5.32 Å². The summed E-state index contributed by atoms with van der Waals surface area (Å²) in [4.78, 5) is 1.16. The Hall–Kier alpha value is 0.0500. The Bertz CT molecular complexity index is 77.6. The highest BCUT2D eigenvalue weighted by molar-refractivity contribution is 7.84. The number of hydrogen-bond acceptors (Lipinski definition) is 2. The van der Waals surface area contributed by atoms with E-state index in [4.69, 9.17) is 0 Å². The van der Waals surface area contributed by atoms with Crippen molar-refractivity contribution in [3.05, 3.63) is 11.0 Å². The lowest BCUT2D eigenvalue weighted by atomic mass is 10.6. The van der Waals surface area contributed by atoms with E-state index in [1.807, 2.05) is 0 Å². The molecule has 0 aromatic rings. The molecule has 0 aromatic heterocycles. The molecule has 1 aliphatic heterocycles. The molecule has 0 fully saturated rings. The average Bonchev–Trinajstić information content (AvgIpc) is 1.86. The van der Waals surface area contributed by atoms with Crippen LogP contribution in [0.15, 0.2) is 11.0 Å². The molecule has 0 radical (unpaired) electrons. The van der Waals surface area contributed by atoms with E-state index in [0.29, 0.717) is 0 Å². The van der Waals surface area contributed by atoms with Gasteiger partial charge in [-0.3, -0.25) is 0 Å². The summed E-state index contributed by atoms with van der Waals surface area (Å²) in [5.41, 5.74) is 0. The Balaban J connectivity index is 2.45. The quantitative estimate of drug-likeness (QED) is 0.421. The summed E-state index contributed by atoms with van der Waals surface area (Å²) < 4.78 is 0. The van der Waals surface area contributed by atoms with E-state index in [9.17, 15) is 0 Å². The summed E-state index contributed by atoms with van der Waals surface area (Å²) in [6.07, 6.45) is 2.07. The molecule has 0 aliphatic carbocycles. The molecule has 1 N–H and O–H groups in total. The fourth-order valence-corrected chi connectivity index (χ4v) is 0.665. The molecule has 0 bridgehead atoms. The van der Waals surface area contributed by atoms with Gasteiger partial charge >= 0.3 is 0 Å². The second-order valence-electron chi connectivity index (χ2n) is 1.33. The number of thiol groups is 1. The van der Waals surface area contributed by atoms with Crippen molar-refractivity contribution in [2.45, 2.75) is 0 Å². The monoisotopic (exact) mass is 101 g/mol. The number of nitrogens with one attached hydrogen (secondary N) is 1. The maximum absolute atomic E-state index is 4.09. The van der Waals surface area contributed by atoms with Gasteiger partial charge in [0.2, 0.25) is 0 Å². The van der Waals surface area contributed by atoms with Crippen LogP contribution in [0, 0.1) is 0 Å². The van der Waals surface area contributed by atoms with Crippen LogP contribution in [0.25, 0.3) is 0 Å². The summed E-state index contributed by atoms with van der Waals surface area (Å²) in [6.45, 7) is 1.96. The van der Waals surface area contributed by atoms with Gasteiger partial charge in [-0.1, -0.05) is 6.08 Å². The van der Waals surface area contributed by atoms with Gasteiger partial charge < -0.3 is 5.32 Å². The minimum Gasteiger partial charge on any atom is -0.309 e. The zero-order chi connectivity index (χ0) is 4.41. The molecule has 1 aliphatic rings. The van der Waals surface area contributed by atoms with E-state index in [-0.39, 0.29) is 0 Å². The Morgan fingerprint density at radius 2 is 2.67 bits per heavy atom. The van der Waals surface area contributed by atoms with E-state index in [2.05, 4.69) is 24.0 Å². The van der Waals surface area contributed by atoms with Gasteiger partial charge in [0.1, 0.15) is 0 Å². The Labute approximate surface area is 42.8 Å². The first-order valence-corrected chi connectivity index (χ1v) is 2.43. The molecule has 0 unspecified atom stereocenters. The highest BCUT2D eigenvalue weighted by Crippen LogP contribution is 2.00. The molecule has 0 amide bonds. The van der Waals surface area contributed by atoms with Gasteiger partial charge in [0.05, 0.1) is 0 Å². The topological polar surface area (TPSA) is 12.0 Å². The summed E-state index contributed by atoms with van der Waals surface area (Å²) >= 11 is 4.09. The smallest absolute Gasteiger partial charge is 0.0263 e. The molecule has 0 aromatic carbocycles. The van der Waals surface area contributed by atoms with Gasteiger partial charge in [0.25, 0.3) is 0 Å². The molecule has 0 saturated heterocycles. The first-order valence-electron chi connectivity index (χ1n) is 1.98. The van der Waals surface area contributed by atoms with E-state index >= 15 is 0 Å². The zero-order valence-electron chi connectivity index (χ0n) is 3.44. The molecule has 6 heavy (non-hydrogen) atoms.